The van der Waals surface area contributed by atoms with E-state index >= 15 is 4.39 Å². The first-order valence-electron chi connectivity index (χ1n) is 10.8. The number of ether oxygens (including phenoxy) is 1. The van der Waals surface area contributed by atoms with Gasteiger partial charge in [-0.3, -0.25) is 0 Å². The number of nitrogens with zero attached hydrogens (tertiary/aromatic N) is 4. The summed E-state index contributed by atoms with van der Waals surface area (Å²) in [6.45, 7) is 2.49. The maximum absolute atomic E-state index is 15.2. The highest BCUT2D eigenvalue weighted by molar-refractivity contribution is 6.17. The van der Waals surface area contributed by atoms with E-state index in [1.54, 1.807) is 26.4 Å². The lowest BCUT2D eigenvalue weighted by molar-refractivity contribution is 0.440. The molecular weight excluding hydrogens is 435 g/mol. The number of fused-ring (bicyclic) bond motifs is 2. The fourth-order valence-corrected chi connectivity index (χ4v) is 4.39. The zero-order valence-electron chi connectivity index (χ0n) is 18.5. The molecule has 0 spiro atoms. The quantitative estimate of drug-likeness (QED) is 0.316. The first kappa shape index (κ1) is 20.3. The minimum atomic E-state index is -0.313. The van der Waals surface area contributed by atoms with Gasteiger partial charge in [-0.2, -0.15) is 9.97 Å². The van der Waals surface area contributed by atoms with Crippen LogP contribution in [0.2, 0.25) is 0 Å². The van der Waals surface area contributed by atoms with Gasteiger partial charge in [-0.1, -0.05) is 12.1 Å². The van der Waals surface area contributed by atoms with Gasteiger partial charge in [-0.05, 0) is 24.6 Å². The zero-order chi connectivity index (χ0) is 23.4. The number of anilines is 2. The summed E-state index contributed by atoms with van der Waals surface area (Å²) in [7, 11) is 1.76. The van der Waals surface area contributed by atoms with E-state index < -0.39 is 0 Å². The summed E-state index contributed by atoms with van der Waals surface area (Å²) in [6, 6.07) is 7.50. The van der Waals surface area contributed by atoms with Gasteiger partial charge in [0.05, 0.1) is 34.7 Å². The number of aromatic nitrogens is 5. The van der Waals surface area contributed by atoms with E-state index in [2.05, 4.69) is 30.6 Å². The van der Waals surface area contributed by atoms with E-state index in [-0.39, 0.29) is 11.8 Å². The average molecular weight is 456 g/mol. The van der Waals surface area contributed by atoms with Crippen LogP contribution in [0.3, 0.4) is 0 Å². The maximum Gasteiger partial charge on any atom is 0.324 e. The Kier molecular flexibility index (Phi) is 4.56. The van der Waals surface area contributed by atoms with E-state index in [0.29, 0.717) is 47.3 Å². The Balaban J connectivity index is 1.68. The topological polar surface area (TPSA) is 127 Å². The van der Waals surface area contributed by atoms with Crippen molar-refractivity contribution in [3.63, 3.8) is 0 Å². The summed E-state index contributed by atoms with van der Waals surface area (Å²) >= 11 is 0. The SMILES string of the molecule is CNc1cc(F)c2c3c1[nH]c1nc(Oc4cnc(C)nc4)nc(c13)-c1ccc(CN)cc1NC2. The van der Waals surface area contributed by atoms with Gasteiger partial charge in [0.2, 0.25) is 0 Å². The summed E-state index contributed by atoms with van der Waals surface area (Å²) in [6.07, 6.45) is 3.14. The van der Waals surface area contributed by atoms with Crippen molar-refractivity contribution in [3.8, 4) is 23.0 Å². The van der Waals surface area contributed by atoms with Crippen molar-refractivity contribution in [2.24, 2.45) is 5.73 Å². The lowest BCUT2D eigenvalue weighted by Gasteiger charge is -2.19. The van der Waals surface area contributed by atoms with Gasteiger partial charge in [-0.25, -0.2) is 14.4 Å². The number of H-pyrrole nitrogens is 1. The number of hydrogen-bond donors (Lipinski definition) is 4. The molecule has 0 fully saturated rings. The third-order valence-corrected chi connectivity index (χ3v) is 6.03. The number of rotatable bonds is 4. The van der Waals surface area contributed by atoms with Crippen LogP contribution in [0.1, 0.15) is 17.0 Å². The molecule has 6 rings (SSSR count). The van der Waals surface area contributed by atoms with Crippen molar-refractivity contribution in [3.05, 3.63) is 59.4 Å². The Bertz CT molecular complexity index is 1580. The molecule has 0 atom stereocenters. The molecule has 5 aromatic rings. The van der Waals surface area contributed by atoms with Crippen LogP contribution in [0.5, 0.6) is 11.8 Å². The van der Waals surface area contributed by atoms with Crippen LogP contribution in [0.15, 0.2) is 36.7 Å². The van der Waals surface area contributed by atoms with Crippen LogP contribution in [-0.4, -0.2) is 32.0 Å². The molecule has 9 nitrogen and oxygen atoms in total. The lowest BCUT2D eigenvalue weighted by Crippen LogP contribution is -2.09. The normalized spacial score (nSPS) is 12.4. The second-order valence-electron chi connectivity index (χ2n) is 8.09. The summed E-state index contributed by atoms with van der Waals surface area (Å²) in [5.41, 5.74) is 11.6. The van der Waals surface area contributed by atoms with Crippen LogP contribution in [-0.2, 0) is 13.1 Å². The molecule has 2 aromatic carbocycles. The number of nitrogens with one attached hydrogen (secondary N) is 3. The average Bonchev–Trinajstić information content (AvgIpc) is 3.22. The van der Waals surface area contributed by atoms with Crippen molar-refractivity contribution in [2.75, 3.05) is 17.7 Å². The Morgan fingerprint density at radius 1 is 1.15 bits per heavy atom. The van der Waals surface area contributed by atoms with Crippen molar-refractivity contribution in [2.45, 2.75) is 20.0 Å². The van der Waals surface area contributed by atoms with Gasteiger partial charge >= 0.3 is 6.01 Å². The summed E-state index contributed by atoms with van der Waals surface area (Å²) in [5.74, 6) is 0.734. The lowest BCUT2D eigenvalue weighted by atomic mass is 9.97. The molecule has 0 unspecified atom stereocenters. The molecule has 0 amide bonds. The standard InChI is InChI=1S/C24H21FN8O/c1-11-28-8-13(9-29-11)34-24-32-21-14-4-3-12(7-26)5-17(14)30-10-15-16(25)6-18(27-2)22-19(15)20(21)23(31-22)33-24/h3-6,8-9,27,30H,7,10,26H2,1-2H3,(H,31,32,33). The van der Waals surface area contributed by atoms with E-state index in [1.807, 2.05) is 18.2 Å². The molecule has 0 radical (unpaired) electrons. The number of aryl methyl sites for hydroxylation is 1. The second kappa shape index (κ2) is 7.63. The molecule has 0 saturated carbocycles. The number of hydrogen-bond acceptors (Lipinski definition) is 8. The zero-order valence-corrected chi connectivity index (χ0v) is 18.5. The first-order valence-corrected chi connectivity index (χ1v) is 10.8. The molecule has 3 aromatic heterocycles. The van der Waals surface area contributed by atoms with Gasteiger partial charge in [0.15, 0.2) is 5.75 Å². The molecule has 4 heterocycles. The molecule has 1 aliphatic heterocycles. The Labute approximate surface area is 193 Å². The first-order chi connectivity index (χ1) is 16.6. The fourth-order valence-electron chi connectivity index (χ4n) is 4.39. The van der Waals surface area contributed by atoms with Crippen LogP contribution >= 0.6 is 0 Å². The minimum Gasteiger partial charge on any atom is -0.421 e. The highest BCUT2D eigenvalue weighted by Gasteiger charge is 2.25. The smallest absolute Gasteiger partial charge is 0.324 e. The minimum absolute atomic E-state index is 0.129. The molecular formula is C24H21FN8O. The molecule has 5 N–H and O–H groups in total. The monoisotopic (exact) mass is 456 g/mol. The van der Waals surface area contributed by atoms with Crippen molar-refractivity contribution in [1.29, 1.82) is 0 Å². The highest BCUT2D eigenvalue weighted by atomic mass is 19.1. The summed E-state index contributed by atoms with van der Waals surface area (Å²) in [4.78, 5) is 21.1. The fraction of sp³-hybridized carbons (Fsp3) is 0.167. The third-order valence-electron chi connectivity index (χ3n) is 6.03. The molecule has 0 bridgehead atoms. The van der Waals surface area contributed by atoms with Crippen molar-refractivity contribution in [1.82, 2.24) is 24.9 Å². The van der Waals surface area contributed by atoms with Gasteiger partial charge in [-0.15, -0.1) is 0 Å². The van der Waals surface area contributed by atoms with Crippen LogP contribution in [0.25, 0.3) is 33.2 Å². The molecule has 10 heteroatoms. The van der Waals surface area contributed by atoms with Crippen LogP contribution in [0, 0.1) is 12.7 Å². The second-order valence-corrected chi connectivity index (χ2v) is 8.09. The van der Waals surface area contributed by atoms with Gasteiger partial charge in [0.25, 0.3) is 0 Å². The predicted molar refractivity (Wildman–Crippen MR) is 128 cm³/mol. The number of aromatic amines is 1. The predicted octanol–water partition coefficient (Wildman–Crippen LogP) is 4.23. The summed E-state index contributed by atoms with van der Waals surface area (Å²) in [5, 5.41) is 7.92. The summed E-state index contributed by atoms with van der Waals surface area (Å²) < 4.78 is 21.2. The molecule has 1 aliphatic rings. The van der Waals surface area contributed by atoms with Crippen molar-refractivity contribution >= 4 is 33.3 Å². The Hall–Kier alpha value is -4.31. The maximum atomic E-state index is 15.2. The number of nitrogens with two attached hydrogens (primary N) is 1. The Morgan fingerprint density at radius 2 is 1.97 bits per heavy atom. The molecule has 34 heavy (non-hydrogen) atoms. The van der Waals surface area contributed by atoms with Crippen LogP contribution < -0.4 is 21.1 Å². The van der Waals surface area contributed by atoms with E-state index in [4.69, 9.17) is 15.5 Å². The highest BCUT2D eigenvalue weighted by Crippen LogP contribution is 2.43. The van der Waals surface area contributed by atoms with E-state index in [1.165, 1.54) is 6.07 Å². The molecule has 0 saturated heterocycles. The van der Waals surface area contributed by atoms with Gasteiger partial charge in [0.1, 0.15) is 17.3 Å². The van der Waals surface area contributed by atoms with Gasteiger partial charge < -0.3 is 26.1 Å². The van der Waals surface area contributed by atoms with Crippen LogP contribution in [0.4, 0.5) is 15.8 Å². The van der Waals surface area contributed by atoms with Gasteiger partial charge in [0, 0.05) is 42.3 Å². The molecule has 170 valence electrons. The van der Waals surface area contributed by atoms with E-state index in [0.717, 1.165) is 33.1 Å². The Morgan fingerprint density at radius 3 is 2.74 bits per heavy atom. The van der Waals surface area contributed by atoms with E-state index in [9.17, 15) is 0 Å². The third kappa shape index (κ3) is 3.11. The largest absolute Gasteiger partial charge is 0.421 e. The molecule has 0 aliphatic carbocycles. The number of halogens is 1. The van der Waals surface area contributed by atoms with Crippen molar-refractivity contribution < 1.29 is 9.13 Å². The number of benzene rings is 2.